The largest absolute Gasteiger partial charge is 0.495 e. The summed E-state index contributed by atoms with van der Waals surface area (Å²) in [5.41, 5.74) is 5.78. The van der Waals surface area contributed by atoms with Crippen LogP contribution >= 0.6 is 24.0 Å². The van der Waals surface area contributed by atoms with Gasteiger partial charge in [0.25, 0.3) is 0 Å². The van der Waals surface area contributed by atoms with Crippen LogP contribution in [0.5, 0.6) is 5.75 Å². The van der Waals surface area contributed by atoms with Crippen molar-refractivity contribution in [1.29, 1.82) is 0 Å². The molecule has 2 N–H and O–H groups in total. The van der Waals surface area contributed by atoms with Gasteiger partial charge >= 0.3 is 6.18 Å². The van der Waals surface area contributed by atoms with Crippen LogP contribution in [-0.4, -0.2) is 13.3 Å². The van der Waals surface area contributed by atoms with E-state index in [9.17, 15) is 13.2 Å². The zero-order valence-electron chi connectivity index (χ0n) is 8.92. The predicted octanol–water partition coefficient (Wildman–Crippen LogP) is 3.72. The van der Waals surface area contributed by atoms with E-state index in [1.165, 1.54) is 25.3 Å². The van der Waals surface area contributed by atoms with Crippen LogP contribution in [0.25, 0.3) is 0 Å². The second-order valence-corrected chi connectivity index (χ2v) is 3.73. The second kappa shape index (κ2) is 6.33. The summed E-state index contributed by atoms with van der Waals surface area (Å²) < 4.78 is 41.2. The summed E-state index contributed by atoms with van der Waals surface area (Å²) >= 11 is 5.75. The Hall–Kier alpha value is -0.650. The molecule has 0 heterocycles. The topological polar surface area (TPSA) is 35.2 Å². The normalized spacial score (nSPS) is 12.8. The van der Waals surface area contributed by atoms with Crippen molar-refractivity contribution in [3.05, 3.63) is 28.8 Å². The molecule has 0 saturated heterocycles. The van der Waals surface area contributed by atoms with Crippen molar-refractivity contribution in [2.75, 3.05) is 7.11 Å². The molecule has 98 valence electrons. The summed E-state index contributed by atoms with van der Waals surface area (Å²) in [6.45, 7) is 0. The number of nitrogens with two attached hydrogens (primary N) is 1. The molecule has 0 spiro atoms. The zero-order chi connectivity index (χ0) is 12.3. The molecule has 0 aliphatic rings. The highest BCUT2D eigenvalue weighted by molar-refractivity contribution is 6.32. The van der Waals surface area contributed by atoms with Crippen molar-refractivity contribution in [3.8, 4) is 5.75 Å². The van der Waals surface area contributed by atoms with Crippen LogP contribution < -0.4 is 10.5 Å². The van der Waals surface area contributed by atoms with Gasteiger partial charge in [-0.1, -0.05) is 17.7 Å². The molecule has 1 atom stereocenters. The quantitative estimate of drug-likeness (QED) is 0.920. The lowest BCUT2D eigenvalue weighted by Crippen LogP contribution is -2.20. The molecule has 1 aromatic carbocycles. The first-order chi connectivity index (χ1) is 7.33. The smallest absolute Gasteiger partial charge is 0.390 e. The third-order valence-electron chi connectivity index (χ3n) is 2.05. The van der Waals surface area contributed by atoms with E-state index < -0.39 is 18.6 Å². The van der Waals surface area contributed by atoms with Gasteiger partial charge in [-0.05, 0) is 17.7 Å². The first-order valence-corrected chi connectivity index (χ1v) is 4.87. The maximum atomic E-state index is 12.1. The molecule has 0 saturated carbocycles. The molecule has 0 aliphatic heterocycles. The minimum atomic E-state index is -4.29. The van der Waals surface area contributed by atoms with Crippen LogP contribution in [0.1, 0.15) is 18.0 Å². The maximum absolute atomic E-state index is 12.1. The van der Waals surface area contributed by atoms with Gasteiger partial charge in [0.15, 0.2) is 0 Å². The van der Waals surface area contributed by atoms with Crippen LogP contribution in [0.15, 0.2) is 18.2 Å². The summed E-state index contributed by atoms with van der Waals surface area (Å²) in [6.07, 6.45) is -5.36. The Labute approximate surface area is 108 Å². The molecule has 7 heteroatoms. The monoisotopic (exact) mass is 289 g/mol. The Morgan fingerprint density at radius 2 is 2.00 bits per heavy atom. The summed E-state index contributed by atoms with van der Waals surface area (Å²) in [4.78, 5) is 0. The van der Waals surface area contributed by atoms with Crippen LogP contribution in [0, 0.1) is 0 Å². The number of rotatable bonds is 3. The number of benzene rings is 1. The standard InChI is InChI=1S/C10H11ClF3NO.ClH/c1-16-9-4-6(2-3-7(9)11)8(15)5-10(12,13)14;/h2-4,8H,5,15H2,1H3;1H/t8-;/m1./s1. The van der Waals surface area contributed by atoms with Crippen molar-refractivity contribution in [3.63, 3.8) is 0 Å². The summed E-state index contributed by atoms with van der Waals surface area (Å²) in [6, 6.07) is 3.23. The molecule has 17 heavy (non-hydrogen) atoms. The average Bonchev–Trinajstić information content (AvgIpc) is 2.15. The molecule has 1 rings (SSSR count). The minimum Gasteiger partial charge on any atom is -0.495 e. The molecule has 2 nitrogen and oxygen atoms in total. The Balaban J connectivity index is 0.00000256. The van der Waals surface area contributed by atoms with Crippen LogP contribution in [-0.2, 0) is 0 Å². The van der Waals surface area contributed by atoms with Gasteiger partial charge in [0.2, 0.25) is 0 Å². The van der Waals surface area contributed by atoms with E-state index in [2.05, 4.69) is 0 Å². The van der Waals surface area contributed by atoms with E-state index in [4.69, 9.17) is 22.1 Å². The lowest BCUT2D eigenvalue weighted by atomic mass is 10.0. The molecule has 0 unspecified atom stereocenters. The van der Waals surface area contributed by atoms with E-state index in [1.807, 2.05) is 0 Å². The van der Waals surface area contributed by atoms with E-state index >= 15 is 0 Å². The van der Waals surface area contributed by atoms with E-state index in [1.54, 1.807) is 0 Å². The molecule has 0 bridgehead atoms. The SMILES string of the molecule is COc1cc([C@H](N)CC(F)(F)F)ccc1Cl.Cl. The Kier molecular flexibility index (Phi) is 6.09. The van der Waals surface area contributed by atoms with Crippen molar-refractivity contribution in [1.82, 2.24) is 0 Å². The molecule has 0 radical (unpaired) electrons. The lowest BCUT2D eigenvalue weighted by molar-refractivity contribution is -0.138. The highest BCUT2D eigenvalue weighted by Gasteiger charge is 2.31. The minimum absolute atomic E-state index is 0. The fourth-order valence-electron chi connectivity index (χ4n) is 1.27. The van der Waals surface area contributed by atoms with Crippen molar-refractivity contribution in [2.45, 2.75) is 18.6 Å². The van der Waals surface area contributed by atoms with Gasteiger partial charge < -0.3 is 10.5 Å². The highest BCUT2D eigenvalue weighted by Crippen LogP contribution is 2.32. The third kappa shape index (κ3) is 5.02. The number of hydrogen-bond acceptors (Lipinski definition) is 2. The lowest BCUT2D eigenvalue weighted by Gasteiger charge is -2.15. The molecule has 0 aromatic heterocycles. The number of alkyl halides is 3. The van der Waals surface area contributed by atoms with Gasteiger partial charge in [-0.3, -0.25) is 0 Å². The Morgan fingerprint density at radius 1 is 1.41 bits per heavy atom. The van der Waals surface area contributed by atoms with Crippen molar-refractivity contribution < 1.29 is 17.9 Å². The van der Waals surface area contributed by atoms with Crippen LogP contribution in [0.4, 0.5) is 13.2 Å². The third-order valence-corrected chi connectivity index (χ3v) is 2.37. The molecule has 0 aliphatic carbocycles. The maximum Gasteiger partial charge on any atom is 0.390 e. The van der Waals surface area contributed by atoms with Gasteiger partial charge in [0, 0.05) is 6.04 Å². The van der Waals surface area contributed by atoms with Crippen molar-refractivity contribution >= 4 is 24.0 Å². The van der Waals surface area contributed by atoms with Gasteiger partial charge in [-0.15, -0.1) is 12.4 Å². The van der Waals surface area contributed by atoms with Crippen LogP contribution in [0.2, 0.25) is 5.02 Å². The second-order valence-electron chi connectivity index (χ2n) is 3.32. The van der Waals surface area contributed by atoms with Gasteiger partial charge in [0.05, 0.1) is 18.6 Å². The average molecular weight is 290 g/mol. The zero-order valence-corrected chi connectivity index (χ0v) is 10.5. The molecular weight excluding hydrogens is 278 g/mol. The first-order valence-electron chi connectivity index (χ1n) is 4.49. The van der Waals surface area contributed by atoms with Crippen LogP contribution in [0.3, 0.4) is 0 Å². The summed E-state index contributed by atoms with van der Waals surface area (Å²) in [5.74, 6) is 0.316. The van der Waals surface area contributed by atoms with Gasteiger partial charge in [-0.2, -0.15) is 13.2 Å². The Bertz CT molecular complexity index is 371. The molecule has 1 aromatic rings. The van der Waals surface area contributed by atoms with Gasteiger partial charge in [0.1, 0.15) is 5.75 Å². The molecule has 0 amide bonds. The first kappa shape index (κ1) is 16.4. The fourth-order valence-corrected chi connectivity index (χ4v) is 1.47. The predicted molar refractivity (Wildman–Crippen MR) is 62.9 cm³/mol. The molecule has 0 fully saturated rings. The van der Waals surface area contributed by atoms with E-state index in [0.717, 1.165) is 0 Å². The van der Waals surface area contributed by atoms with Gasteiger partial charge in [-0.25, -0.2) is 0 Å². The highest BCUT2D eigenvalue weighted by atomic mass is 35.5. The van der Waals surface area contributed by atoms with Crippen molar-refractivity contribution in [2.24, 2.45) is 5.73 Å². The fraction of sp³-hybridized carbons (Fsp3) is 0.400. The number of methoxy groups -OCH3 is 1. The Morgan fingerprint density at radius 3 is 2.47 bits per heavy atom. The van der Waals surface area contributed by atoms with E-state index in [0.29, 0.717) is 16.3 Å². The number of hydrogen-bond donors (Lipinski definition) is 1. The number of halogens is 5. The van der Waals surface area contributed by atoms with E-state index in [-0.39, 0.29) is 12.4 Å². The summed E-state index contributed by atoms with van der Waals surface area (Å²) in [5, 5.41) is 0.338. The number of ether oxygens (including phenoxy) is 1. The summed E-state index contributed by atoms with van der Waals surface area (Å²) in [7, 11) is 1.39. The molecular formula is C10H12Cl2F3NO.